The summed E-state index contributed by atoms with van der Waals surface area (Å²) >= 11 is 6.32. The fourth-order valence-corrected chi connectivity index (χ4v) is 3.17. The Bertz CT molecular complexity index is 1000. The van der Waals surface area contributed by atoms with Crippen molar-refractivity contribution in [1.29, 1.82) is 0 Å². The molecule has 2 heterocycles. The molecule has 0 fully saturated rings. The molecule has 2 aromatic heterocycles. The van der Waals surface area contributed by atoms with Crippen LogP contribution in [0, 0.1) is 0 Å². The summed E-state index contributed by atoms with van der Waals surface area (Å²) in [7, 11) is 0. The zero-order valence-corrected chi connectivity index (χ0v) is 15.9. The monoisotopic (exact) mass is 402 g/mol. The van der Waals surface area contributed by atoms with Gasteiger partial charge in [0.15, 0.2) is 5.76 Å². The summed E-state index contributed by atoms with van der Waals surface area (Å²) < 4.78 is 7.01. The molecule has 0 aliphatic rings. The van der Waals surface area contributed by atoms with E-state index in [4.69, 9.17) is 16.1 Å². The molecular weight excluding hydrogens is 384 g/mol. The highest BCUT2D eigenvalue weighted by molar-refractivity contribution is 6.33. The fraction of sp³-hybridized carbons (Fsp3) is 0.250. The number of hydrogen-bond donors (Lipinski definition) is 2. The van der Waals surface area contributed by atoms with Crippen LogP contribution in [0.4, 0.5) is 0 Å². The highest BCUT2D eigenvalue weighted by atomic mass is 35.5. The van der Waals surface area contributed by atoms with Crippen molar-refractivity contribution in [2.24, 2.45) is 0 Å². The SMILES string of the molecule is CCn1cc(CC(=O)CCc2onc(-c3ccc(O)cc3)c2Cl)c(C(=O)O)c1. The molecule has 0 spiro atoms. The van der Waals surface area contributed by atoms with Crippen molar-refractivity contribution in [3.63, 3.8) is 0 Å². The standard InChI is InChI=1S/C20H19ClN2O5/c1-2-23-10-13(16(11-23)20(26)27)9-15(25)7-8-17-18(21)19(22-28-17)12-3-5-14(24)6-4-12/h3-6,10-11,24H,2,7-9H2,1H3,(H,26,27). The summed E-state index contributed by atoms with van der Waals surface area (Å²) in [6, 6.07) is 6.37. The van der Waals surface area contributed by atoms with E-state index in [1.807, 2.05) is 6.92 Å². The molecule has 0 amide bonds. The molecular formula is C20H19ClN2O5. The maximum absolute atomic E-state index is 12.3. The number of ketones is 1. The van der Waals surface area contributed by atoms with Gasteiger partial charge in [-0.15, -0.1) is 0 Å². The van der Waals surface area contributed by atoms with Gasteiger partial charge in [-0.2, -0.15) is 0 Å². The van der Waals surface area contributed by atoms with Gasteiger partial charge in [0.05, 0.1) is 5.56 Å². The molecule has 0 aliphatic carbocycles. The van der Waals surface area contributed by atoms with Crippen LogP contribution in [-0.2, 0) is 24.2 Å². The predicted octanol–water partition coefficient (Wildman–Crippen LogP) is 3.96. The smallest absolute Gasteiger partial charge is 0.337 e. The summed E-state index contributed by atoms with van der Waals surface area (Å²) in [5, 5.41) is 22.9. The highest BCUT2D eigenvalue weighted by Crippen LogP contribution is 2.31. The molecule has 3 aromatic rings. The van der Waals surface area contributed by atoms with Gasteiger partial charge in [-0.1, -0.05) is 16.8 Å². The highest BCUT2D eigenvalue weighted by Gasteiger charge is 2.19. The Morgan fingerprint density at radius 3 is 2.57 bits per heavy atom. The lowest BCUT2D eigenvalue weighted by molar-refractivity contribution is -0.118. The van der Waals surface area contributed by atoms with E-state index in [1.54, 1.807) is 22.9 Å². The van der Waals surface area contributed by atoms with Crippen molar-refractivity contribution in [3.8, 4) is 17.0 Å². The van der Waals surface area contributed by atoms with Crippen LogP contribution in [0.3, 0.4) is 0 Å². The minimum atomic E-state index is -1.05. The van der Waals surface area contributed by atoms with E-state index >= 15 is 0 Å². The summed E-state index contributed by atoms with van der Waals surface area (Å²) in [5.41, 5.74) is 1.77. The fourth-order valence-electron chi connectivity index (χ4n) is 2.89. The summed E-state index contributed by atoms with van der Waals surface area (Å²) in [6.07, 6.45) is 3.67. The van der Waals surface area contributed by atoms with Gasteiger partial charge in [0.2, 0.25) is 0 Å². The number of aromatic carboxylic acids is 1. The molecule has 146 valence electrons. The molecule has 8 heteroatoms. The third kappa shape index (κ3) is 4.26. The third-order valence-electron chi connectivity index (χ3n) is 4.42. The largest absolute Gasteiger partial charge is 0.508 e. The Morgan fingerprint density at radius 2 is 1.93 bits per heavy atom. The van der Waals surface area contributed by atoms with Crippen LogP contribution in [0.15, 0.2) is 41.2 Å². The van der Waals surface area contributed by atoms with Gasteiger partial charge >= 0.3 is 5.97 Å². The first-order chi connectivity index (χ1) is 13.4. The zero-order chi connectivity index (χ0) is 20.3. The molecule has 0 aliphatic heterocycles. The molecule has 0 saturated heterocycles. The Hall–Kier alpha value is -3.06. The number of carboxylic acid groups (broad SMARTS) is 1. The first-order valence-electron chi connectivity index (χ1n) is 8.76. The Labute approximate surface area is 166 Å². The van der Waals surface area contributed by atoms with Gasteiger partial charge < -0.3 is 19.3 Å². The molecule has 0 saturated carbocycles. The summed E-state index contributed by atoms with van der Waals surface area (Å²) in [6.45, 7) is 2.52. The van der Waals surface area contributed by atoms with Crippen LogP contribution >= 0.6 is 11.6 Å². The molecule has 1 aromatic carbocycles. The van der Waals surface area contributed by atoms with Gasteiger partial charge in [0.1, 0.15) is 22.2 Å². The number of nitrogens with zero attached hydrogens (tertiary/aromatic N) is 2. The van der Waals surface area contributed by atoms with E-state index in [1.165, 1.54) is 18.3 Å². The Kier molecular flexibility index (Phi) is 5.84. The van der Waals surface area contributed by atoms with Gasteiger partial charge in [-0.3, -0.25) is 4.79 Å². The summed E-state index contributed by atoms with van der Waals surface area (Å²) in [4.78, 5) is 23.7. The number of aromatic nitrogens is 2. The molecule has 0 unspecified atom stereocenters. The number of carboxylic acids is 1. The number of aryl methyl sites for hydroxylation is 2. The Morgan fingerprint density at radius 1 is 1.21 bits per heavy atom. The van der Waals surface area contributed by atoms with Crippen LogP contribution < -0.4 is 0 Å². The van der Waals surface area contributed by atoms with E-state index in [9.17, 15) is 19.8 Å². The average Bonchev–Trinajstić information content (AvgIpc) is 3.24. The predicted molar refractivity (Wildman–Crippen MR) is 103 cm³/mol. The number of phenolic OH excluding ortho intramolecular Hbond substituents is 1. The normalized spacial score (nSPS) is 10.9. The van der Waals surface area contributed by atoms with Crippen molar-refractivity contribution in [2.45, 2.75) is 32.7 Å². The average molecular weight is 403 g/mol. The van der Waals surface area contributed by atoms with Gasteiger partial charge in [-0.05, 0) is 36.8 Å². The van der Waals surface area contributed by atoms with Crippen LogP contribution in [0.1, 0.15) is 35.0 Å². The quantitative estimate of drug-likeness (QED) is 0.590. The second-order valence-corrected chi connectivity index (χ2v) is 6.74. The maximum atomic E-state index is 12.3. The van der Waals surface area contributed by atoms with Crippen molar-refractivity contribution < 1.29 is 24.3 Å². The van der Waals surface area contributed by atoms with Crippen molar-refractivity contribution in [2.75, 3.05) is 0 Å². The number of rotatable bonds is 8. The first-order valence-corrected chi connectivity index (χ1v) is 9.14. The van der Waals surface area contributed by atoms with Gasteiger partial charge in [-0.25, -0.2) is 4.79 Å². The number of halogens is 1. The lowest BCUT2D eigenvalue weighted by Crippen LogP contribution is -2.07. The maximum Gasteiger partial charge on any atom is 0.337 e. The number of phenols is 1. The number of aromatic hydroxyl groups is 1. The number of Topliss-reactive ketones (excluding diaryl/α,β-unsaturated/α-hetero) is 1. The molecule has 0 bridgehead atoms. The summed E-state index contributed by atoms with van der Waals surface area (Å²) in [5.74, 6) is -0.642. The zero-order valence-electron chi connectivity index (χ0n) is 15.2. The van der Waals surface area contributed by atoms with Crippen LogP contribution in [-0.4, -0.2) is 31.7 Å². The number of hydrogen-bond acceptors (Lipinski definition) is 5. The van der Waals surface area contributed by atoms with Crippen LogP contribution in [0.2, 0.25) is 5.02 Å². The number of benzene rings is 1. The van der Waals surface area contributed by atoms with E-state index in [2.05, 4.69) is 5.16 Å². The van der Waals surface area contributed by atoms with Crippen LogP contribution in [0.25, 0.3) is 11.3 Å². The number of carbonyl (C=O) groups is 2. The van der Waals surface area contributed by atoms with E-state index in [-0.39, 0.29) is 36.4 Å². The second-order valence-electron chi connectivity index (χ2n) is 6.36. The van der Waals surface area contributed by atoms with Crippen LogP contribution in [0.5, 0.6) is 5.75 Å². The van der Waals surface area contributed by atoms with Crippen molar-refractivity contribution in [3.05, 3.63) is 58.6 Å². The molecule has 7 nitrogen and oxygen atoms in total. The first kappa shape index (κ1) is 19.7. The topological polar surface area (TPSA) is 106 Å². The minimum Gasteiger partial charge on any atom is -0.508 e. The van der Waals surface area contributed by atoms with Crippen molar-refractivity contribution in [1.82, 2.24) is 9.72 Å². The molecule has 0 atom stereocenters. The van der Waals surface area contributed by atoms with Gasteiger partial charge in [0.25, 0.3) is 0 Å². The number of carbonyl (C=O) groups excluding carboxylic acids is 1. The molecule has 3 rings (SSSR count). The van der Waals surface area contributed by atoms with Gasteiger partial charge in [0, 0.05) is 43.8 Å². The third-order valence-corrected chi connectivity index (χ3v) is 4.81. The lowest BCUT2D eigenvalue weighted by atomic mass is 10.0. The lowest BCUT2D eigenvalue weighted by Gasteiger charge is -2.00. The van der Waals surface area contributed by atoms with E-state index < -0.39 is 5.97 Å². The second kappa shape index (κ2) is 8.31. The van der Waals surface area contributed by atoms with E-state index in [0.29, 0.717) is 34.1 Å². The van der Waals surface area contributed by atoms with Crippen molar-refractivity contribution >= 4 is 23.4 Å². The Balaban J connectivity index is 1.66. The minimum absolute atomic E-state index is 0.0329. The van der Waals surface area contributed by atoms with E-state index in [0.717, 1.165) is 0 Å². The molecule has 28 heavy (non-hydrogen) atoms. The molecule has 2 N–H and O–H groups in total. The molecule has 0 radical (unpaired) electrons.